The molecule has 1 saturated heterocycles. The molecule has 0 saturated carbocycles. The third kappa shape index (κ3) is 5.95. The minimum Gasteiger partial charge on any atom is -0.488 e. The number of rotatable bonds is 6. The van der Waals surface area contributed by atoms with Gasteiger partial charge in [0, 0.05) is 54.6 Å². The number of amidine groups is 1. The largest absolute Gasteiger partial charge is 0.488 e. The third-order valence-corrected chi connectivity index (χ3v) is 7.36. The van der Waals surface area contributed by atoms with Gasteiger partial charge in [0.05, 0.1) is 9.83 Å². The molecular weight excluding hydrogens is 512 g/mol. The number of non-ortho nitro benzene ring substituents is 1. The second kappa shape index (κ2) is 11.1. The summed E-state index contributed by atoms with van der Waals surface area (Å²) in [4.78, 5) is 32.4. The molecule has 8 nitrogen and oxygen atoms in total. The predicted octanol–water partition coefficient (Wildman–Crippen LogP) is 5.62. The van der Waals surface area contributed by atoms with Crippen molar-refractivity contribution in [2.75, 3.05) is 31.1 Å². The van der Waals surface area contributed by atoms with Crippen LogP contribution in [0.1, 0.15) is 11.1 Å². The summed E-state index contributed by atoms with van der Waals surface area (Å²) in [5.41, 5.74) is 2.70. The number of amides is 1. The first-order chi connectivity index (χ1) is 18.0. The fraction of sp³-hybridized carbons (Fsp3) is 0.185. The van der Waals surface area contributed by atoms with Crippen LogP contribution in [0.2, 0.25) is 5.02 Å². The van der Waals surface area contributed by atoms with E-state index in [4.69, 9.17) is 16.3 Å². The molecule has 0 bridgehead atoms. The summed E-state index contributed by atoms with van der Waals surface area (Å²) in [5, 5.41) is 12.3. The number of thioether (sulfide) groups is 1. The van der Waals surface area contributed by atoms with Crippen LogP contribution in [0.3, 0.4) is 0 Å². The Morgan fingerprint density at radius 1 is 1.00 bits per heavy atom. The van der Waals surface area contributed by atoms with E-state index in [1.54, 1.807) is 18.2 Å². The molecule has 0 unspecified atom stereocenters. The molecule has 2 aliphatic rings. The van der Waals surface area contributed by atoms with Crippen LogP contribution >= 0.6 is 23.4 Å². The van der Waals surface area contributed by atoms with Crippen LogP contribution in [-0.4, -0.2) is 47.1 Å². The van der Waals surface area contributed by atoms with Gasteiger partial charge in [-0.3, -0.25) is 14.9 Å². The summed E-state index contributed by atoms with van der Waals surface area (Å²) in [5.74, 6) is 0.354. The van der Waals surface area contributed by atoms with Crippen molar-refractivity contribution in [2.24, 2.45) is 4.99 Å². The lowest BCUT2D eigenvalue weighted by molar-refractivity contribution is -0.384. The number of nitro groups is 1. The number of hydrogen-bond acceptors (Lipinski definition) is 7. The molecular formula is C27H23ClN4O4S. The number of carbonyl (C=O) groups is 1. The topological polar surface area (TPSA) is 88.3 Å². The lowest BCUT2D eigenvalue weighted by Crippen LogP contribution is -2.47. The Bertz CT molecular complexity index is 1390. The fourth-order valence-electron chi connectivity index (χ4n) is 4.11. The zero-order valence-corrected chi connectivity index (χ0v) is 21.3. The van der Waals surface area contributed by atoms with Crippen molar-refractivity contribution in [3.8, 4) is 5.75 Å². The van der Waals surface area contributed by atoms with E-state index >= 15 is 0 Å². The van der Waals surface area contributed by atoms with E-state index in [0.717, 1.165) is 43.0 Å². The van der Waals surface area contributed by atoms with Crippen molar-refractivity contribution in [3.63, 3.8) is 0 Å². The normalized spacial score (nSPS) is 16.7. The van der Waals surface area contributed by atoms with Gasteiger partial charge in [-0.05, 0) is 59.8 Å². The molecule has 3 aromatic rings. The van der Waals surface area contributed by atoms with E-state index in [0.29, 0.717) is 20.8 Å². The quantitative estimate of drug-likeness (QED) is 0.230. The van der Waals surface area contributed by atoms with Crippen molar-refractivity contribution in [3.05, 3.63) is 104 Å². The van der Waals surface area contributed by atoms with Crippen LogP contribution in [0.4, 0.5) is 11.4 Å². The molecule has 5 rings (SSSR count). The van der Waals surface area contributed by atoms with Gasteiger partial charge in [0.2, 0.25) is 0 Å². The van der Waals surface area contributed by atoms with Crippen LogP contribution < -0.4 is 9.64 Å². The Morgan fingerprint density at radius 3 is 2.46 bits per heavy atom. The van der Waals surface area contributed by atoms with Crippen molar-refractivity contribution in [1.29, 1.82) is 0 Å². The van der Waals surface area contributed by atoms with E-state index in [-0.39, 0.29) is 18.2 Å². The van der Waals surface area contributed by atoms with Crippen LogP contribution in [0, 0.1) is 10.1 Å². The van der Waals surface area contributed by atoms with Gasteiger partial charge in [-0.25, -0.2) is 0 Å². The SMILES string of the molecule is O=C1N=C(N2CCN(c3cccc(Cl)c3)CC2)S/C1=C/c1ccccc1OCc1ccc([N+](=O)[O-])cc1. The molecule has 1 fully saturated rings. The number of anilines is 1. The Kier molecular flexibility index (Phi) is 7.43. The number of hydrogen-bond donors (Lipinski definition) is 0. The fourth-order valence-corrected chi connectivity index (χ4v) is 5.25. The minimum absolute atomic E-state index is 0.0346. The maximum atomic E-state index is 12.7. The number of ether oxygens (including phenoxy) is 1. The van der Waals surface area contributed by atoms with Crippen molar-refractivity contribution >= 4 is 51.9 Å². The van der Waals surface area contributed by atoms with Gasteiger partial charge in [-0.1, -0.05) is 35.9 Å². The average molecular weight is 535 g/mol. The van der Waals surface area contributed by atoms with E-state index in [2.05, 4.69) is 20.9 Å². The summed E-state index contributed by atoms with van der Waals surface area (Å²) < 4.78 is 5.98. The molecule has 2 aliphatic heterocycles. The number of para-hydroxylation sites is 1. The first-order valence-corrected chi connectivity index (χ1v) is 12.9. The molecule has 0 aliphatic carbocycles. The number of nitro benzene ring substituents is 1. The second-order valence-electron chi connectivity index (χ2n) is 8.51. The second-order valence-corrected chi connectivity index (χ2v) is 9.96. The van der Waals surface area contributed by atoms with Gasteiger partial charge in [0.25, 0.3) is 11.6 Å². The molecule has 0 spiro atoms. The summed E-state index contributed by atoms with van der Waals surface area (Å²) in [6.07, 6.45) is 1.80. The number of aliphatic imine (C=N–C) groups is 1. The molecule has 2 heterocycles. The highest BCUT2D eigenvalue weighted by Crippen LogP contribution is 2.33. The minimum atomic E-state index is -0.433. The van der Waals surface area contributed by atoms with E-state index in [9.17, 15) is 14.9 Å². The molecule has 3 aromatic carbocycles. The lowest BCUT2D eigenvalue weighted by Gasteiger charge is -2.36. The standard InChI is InChI=1S/C27H23ClN4O4S/c28-21-5-3-6-23(17-21)30-12-14-31(15-13-30)27-29-26(33)25(37-27)16-20-4-1-2-7-24(20)36-18-19-8-10-22(11-9-19)32(34)35/h1-11,16-17H,12-15,18H2/b25-16+. The van der Waals surface area contributed by atoms with Crippen LogP contribution in [0.5, 0.6) is 5.75 Å². The molecule has 0 atom stereocenters. The van der Waals surface area contributed by atoms with Gasteiger partial charge >= 0.3 is 0 Å². The number of benzene rings is 3. The smallest absolute Gasteiger partial charge is 0.286 e. The lowest BCUT2D eigenvalue weighted by atomic mass is 10.1. The molecule has 37 heavy (non-hydrogen) atoms. The zero-order valence-electron chi connectivity index (χ0n) is 19.7. The Labute approximate surface area is 223 Å². The molecule has 1 amide bonds. The molecule has 0 radical (unpaired) electrons. The van der Waals surface area contributed by atoms with Crippen LogP contribution in [-0.2, 0) is 11.4 Å². The van der Waals surface area contributed by atoms with Crippen molar-refractivity contribution < 1.29 is 14.5 Å². The highest BCUT2D eigenvalue weighted by molar-refractivity contribution is 8.18. The maximum absolute atomic E-state index is 12.7. The highest BCUT2D eigenvalue weighted by Gasteiger charge is 2.29. The van der Waals surface area contributed by atoms with Crippen molar-refractivity contribution in [2.45, 2.75) is 6.61 Å². The first-order valence-electron chi connectivity index (χ1n) is 11.7. The van der Waals surface area contributed by atoms with E-state index in [1.165, 1.54) is 23.9 Å². The number of carbonyl (C=O) groups excluding carboxylic acids is 1. The maximum Gasteiger partial charge on any atom is 0.286 e. The monoisotopic (exact) mass is 534 g/mol. The molecule has 0 aromatic heterocycles. The summed E-state index contributed by atoms with van der Waals surface area (Å²) in [7, 11) is 0. The third-order valence-electron chi connectivity index (χ3n) is 6.08. The van der Waals surface area contributed by atoms with Crippen LogP contribution in [0.15, 0.2) is 82.7 Å². The van der Waals surface area contributed by atoms with Gasteiger partial charge in [0.1, 0.15) is 12.4 Å². The first kappa shape index (κ1) is 24.9. The summed E-state index contributed by atoms with van der Waals surface area (Å²) in [6, 6.07) is 21.5. The number of nitrogens with zero attached hydrogens (tertiary/aromatic N) is 4. The Hall–Kier alpha value is -3.82. The summed E-state index contributed by atoms with van der Waals surface area (Å²) in [6.45, 7) is 3.39. The van der Waals surface area contributed by atoms with Gasteiger partial charge in [-0.15, -0.1) is 0 Å². The van der Waals surface area contributed by atoms with E-state index < -0.39 is 4.92 Å². The van der Waals surface area contributed by atoms with E-state index in [1.807, 2.05) is 42.5 Å². The summed E-state index contributed by atoms with van der Waals surface area (Å²) >= 11 is 7.51. The number of piperazine rings is 1. The average Bonchev–Trinajstić information content (AvgIpc) is 3.28. The van der Waals surface area contributed by atoms with Gasteiger partial charge < -0.3 is 14.5 Å². The molecule has 188 valence electrons. The van der Waals surface area contributed by atoms with Gasteiger partial charge in [0.15, 0.2) is 5.17 Å². The van der Waals surface area contributed by atoms with Crippen LogP contribution in [0.25, 0.3) is 6.08 Å². The Morgan fingerprint density at radius 2 is 1.73 bits per heavy atom. The predicted molar refractivity (Wildman–Crippen MR) is 147 cm³/mol. The van der Waals surface area contributed by atoms with Crippen molar-refractivity contribution in [1.82, 2.24) is 4.90 Å². The molecule has 10 heteroatoms. The molecule has 0 N–H and O–H groups in total. The highest BCUT2D eigenvalue weighted by atomic mass is 35.5. The Balaban J connectivity index is 1.22. The zero-order chi connectivity index (χ0) is 25.8. The van der Waals surface area contributed by atoms with Gasteiger partial charge in [-0.2, -0.15) is 4.99 Å². The number of halogens is 1.